The van der Waals surface area contributed by atoms with Crippen molar-refractivity contribution in [2.45, 2.75) is 69.6 Å². The van der Waals surface area contributed by atoms with Gasteiger partial charge in [-0.15, -0.1) is 0 Å². The van der Waals surface area contributed by atoms with Gasteiger partial charge in [0.1, 0.15) is 0 Å². The van der Waals surface area contributed by atoms with Crippen LogP contribution < -0.4 is 5.32 Å². The lowest BCUT2D eigenvalue weighted by atomic mass is 10.1. The first-order chi connectivity index (χ1) is 10.3. The maximum Gasteiger partial charge on any atom is 0.0953 e. The third-order valence-electron chi connectivity index (χ3n) is 4.55. The second-order valence-corrected chi connectivity index (χ2v) is 7.39. The summed E-state index contributed by atoms with van der Waals surface area (Å²) in [6, 6.07) is 9.33. The molecular weight excluding hydrogens is 326 g/mol. The van der Waals surface area contributed by atoms with Gasteiger partial charge >= 0.3 is 0 Å². The van der Waals surface area contributed by atoms with Gasteiger partial charge in [-0.3, -0.25) is 0 Å². The summed E-state index contributed by atoms with van der Waals surface area (Å²) >= 11 is 3.58. The topological polar surface area (TPSA) is 21.3 Å². The molecule has 1 unspecified atom stereocenters. The van der Waals surface area contributed by atoms with Crippen LogP contribution in [0.3, 0.4) is 0 Å². The highest BCUT2D eigenvalue weighted by atomic mass is 79.9. The molecule has 0 spiro atoms. The van der Waals surface area contributed by atoms with Crippen molar-refractivity contribution in [3.8, 4) is 0 Å². The number of ether oxygens (including phenoxy) is 1. The van der Waals surface area contributed by atoms with E-state index in [-0.39, 0.29) is 6.10 Å². The van der Waals surface area contributed by atoms with Crippen LogP contribution in [0, 0.1) is 0 Å². The van der Waals surface area contributed by atoms with E-state index in [1.165, 1.54) is 56.9 Å². The van der Waals surface area contributed by atoms with E-state index in [2.05, 4.69) is 45.5 Å². The first-order valence-electron chi connectivity index (χ1n) is 8.45. The van der Waals surface area contributed by atoms with E-state index in [4.69, 9.17) is 4.74 Å². The van der Waals surface area contributed by atoms with Gasteiger partial charge < -0.3 is 10.1 Å². The standard InChI is InChI=1S/C18H26BrNO/c19-15-7-5-6-14(12-15)18(13-20-16-10-11-16)21-17-8-3-1-2-4-9-17/h5-7,12,16-18,20H,1-4,8-11,13H2. The number of halogens is 1. The molecule has 116 valence electrons. The van der Waals surface area contributed by atoms with E-state index < -0.39 is 0 Å². The molecule has 1 aromatic carbocycles. The van der Waals surface area contributed by atoms with E-state index in [9.17, 15) is 0 Å². The molecule has 0 amide bonds. The second-order valence-electron chi connectivity index (χ2n) is 6.48. The van der Waals surface area contributed by atoms with Crippen molar-refractivity contribution >= 4 is 15.9 Å². The Kier molecular flexibility index (Phi) is 5.73. The van der Waals surface area contributed by atoms with E-state index in [1.54, 1.807) is 0 Å². The first kappa shape index (κ1) is 15.5. The Hall–Kier alpha value is -0.380. The zero-order valence-electron chi connectivity index (χ0n) is 12.7. The van der Waals surface area contributed by atoms with Gasteiger partial charge in [-0.25, -0.2) is 0 Å². The minimum Gasteiger partial charge on any atom is -0.369 e. The van der Waals surface area contributed by atoms with Crippen LogP contribution in [0.5, 0.6) is 0 Å². The van der Waals surface area contributed by atoms with Gasteiger partial charge in [-0.1, -0.05) is 53.7 Å². The molecule has 2 saturated carbocycles. The van der Waals surface area contributed by atoms with E-state index in [0.717, 1.165) is 17.1 Å². The zero-order chi connectivity index (χ0) is 14.5. The molecule has 2 aliphatic rings. The summed E-state index contributed by atoms with van der Waals surface area (Å²) in [7, 11) is 0. The van der Waals surface area contributed by atoms with Crippen molar-refractivity contribution in [3.63, 3.8) is 0 Å². The van der Waals surface area contributed by atoms with Gasteiger partial charge in [0.25, 0.3) is 0 Å². The van der Waals surface area contributed by atoms with Gasteiger partial charge in [0.2, 0.25) is 0 Å². The molecule has 2 fully saturated rings. The highest BCUT2D eigenvalue weighted by Crippen LogP contribution is 2.28. The zero-order valence-corrected chi connectivity index (χ0v) is 14.3. The predicted molar refractivity (Wildman–Crippen MR) is 90.5 cm³/mol. The molecule has 0 radical (unpaired) electrons. The average Bonchev–Trinajstić information content (AvgIpc) is 3.31. The van der Waals surface area contributed by atoms with E-state index in [0.29, 0.717) is 6.10 Å². The first-order valence-corrected chi connectivity index (χ1v) is 9.25. The SMILES string of the molecule is Brc1cccc(C(CNC2CC2)OC2CCCCCC2)c1. The van der Waals surface area contributed by atoms with Gasteiger partial charge in [0.15, 0.2) is 0 Å². The summed E-state index contributed by atoms with van der Waals surface area (Å²) in [6.07, 6.45) is 11.1. The Morgan fingerprint density at radius 3 is 2.52 bits per heavy atom. The monoisotopic (exact) mass is 351 g/mol. The van der Waals surface area contributed by atoms with Crippen LogP contribution in [0.2, 0.25) is 0 Å². The van der Waals surface area contributed by atoms with E-state index in [1.807, 2.05) is 0 Å². The summed E-state index contributed by atoms with van der Waals surface area (Å²) in [5.41, 5.74) is 1.29. The summed E-state index contributed by atoms with van der Waals surface area (Å²) in [4.78, 5) is 0. The van der Waals surface area contributed by atoms with Gasteiger partial charge in [0.05, 0.1) is 12.2 Å². The Balaban J connectivity index is 1.64. The maximum atomic E-state index is 6.51. The molecule has 0 aliphatic heterocycles. The van der Waals surface area contributed by atoms with Crippen LogP contribution in [0.1, 0.15) is 63.0 Å². The quantitative estimate of drug-likeness (QED) is 0.729. The van der Waals surface area contributed by atoms with Crippen molar-refractivity contribution in [2.24, 2.45) is 0 Å². The smallest absolute Gasteiger partial charge is 0.0953 e. The molecule has 2 nitrogen and oxygen atoms in total. The highest BCUT2D eigenvalue weighted by molar-refractivity contribution is 9.10. The largest absolute Gasteiger partial charge is 0.369 e. The second kappa shape index (κ2) is 7.75. The van der Waals surface area contributed by atoms with Crippen molar-refractivity contribution < 1.29 is 4.74 Å². The van der Waals surface area contributed by atoms with E-state index >= 15 is 0 Å². The van der Waals surface area contributed by atoms with Crippen molar-refractivity contribution in [1.29, 1.82) is 0 Å². The Bertz CT molecular complexity index is 439. The third-order valence-corrected chi connectivity index (χ3v) is 5.04. The molecule has 0 saturated heterocycles. The molecule has 1 N–H and O–H groups in total. The molecule has 1 atom stereocenters. The van der Waals surface area contributed by atoms with Crippen molar-refractivity contribution in [2.75, 3.05) is 6.54 Å². The number of nitrogens with one attached hydrogen (secondary N) is 1. The van der Waals surface area contributed by atoms with Crippen LogP contribution in [0.15, 0.2) is 28.7 Å². The fraction of sp³-hybridized carbons (Fsp3) is 0.667. The highest BCUT2D eigenvalue weighted by Gasteiger charge is 2.25. The molecule has 2 aliphatic carbocycles. The lowest BCUT2D eigenvalue weighted by Crippen LogP contribution is -2.28. The number of hydrogen-bond acceptors (Lipinski definition) is 2. The fourth-order valence-electron chi connectivity index (χ4n) is 3.12. The summed E-state index contributed by atoms with van der Waals surface area (Å²) in [5.74, 6) is 0. The lowest BCUT2D eigenvalue weighted by molar-refractivity contribution is -0.0203. The molecule has 3 heteroatoms. The van der Waals surface area contributed by atoms with Crippen LogP contribution in [-0.4, -0.2) is 18.7 Å². The summed E-state index contributed by atoms with van der Waals surface area (Å²) in [5, 5.41) is 3.64. The van der Waals surface area contributed by atoms with Crippen LogP contribution >= 0.6 is 15.9 Å². The minimum atomic E-state index is 0.186. The normalized spacial score (nSPS) is 22.0. The van der Waals surface area contributed by atoms with Crippen LogP contribution in [0.4, 0.5) is 0 Å². The van der Waals surface area contributed by atoms with Gasteiger partial charge in [-0.2, -0.15) is 0 Å². The maximum absolute atomic E-state index is 6.51. The van der Waals surface area contributed by atoms with Crippen molar-refractivity contribution in [1.82, 2.24) is 5.32 Å². The lowest BCUT2D eigenvalue weighted by Gasteiger charge is -2.25. The third kappa shape index (κ3) is 5.08. The molecule has 0 heterocycles. The molecule has 21 heavy (non-hydrogen) atoms. The molecular formula is C18H26BrNO. The molecule has 0 aromatic heterocycles. The predicted octanol–water partition coefficient (Wildman–Crippen LogP) is 4.98. The summed E-state index contributed by atoms with van der Waals surface area (Å²) in [6.45, 7) is 0.942. The van der Waals surface area contributed by atoms with Crippen molar-refractivity contribution in [3.05, 3.63) is 34.3 Å². The molecule has 0 bridgehead atoms. The Morgan fingerprint density at radius 2 is 1.86 bits per heavy atom. The Labute approximate surface area is 136 Å². The summed E-state index contributed by atoms with van der Waals surface area (Å²) < 4.78 is 7.65. The Morgan fingerprint density at radius 1 is 1.10 bits per heavy atom. The minimum absolute atomic E-state index is 0.186. The number of hydrogen-bond donors (Lipinski definition) is 1. The van der Waals surface area contributed by atoms with Gasteiger partial charge in [-0.05, 0) is 43.4 Å². The average molecular weight is 352 g/mol. The van der Waals surface area contributed by atoms with Gasteiger partial charge in [0, 0.05) is 17.1 Å². The number of benzene rings is 1. The number of rotatable bonds is 6. The molecule has 3 rings (SSSR count). The van der Waals surface area contributed by atoms with Crippen LogP contribution in [-0.2, 0) is 4.74 Å². The fourth-order valence-corrected chi connectivity index (χ4v) is 3.54. The molecule has 1 aromatic rings. The van der Waals surface area contributed by atoms with Crippen LogP contribution in [0.25, 0.3) is 0 Å².